The largest absolute Gasteiger partial charge is 0.493 e. The summed E-state index contributed by atoms with van der Waals surface area (Å²) in [6.45, 7) is 5.20. The molecule has 136 valence electrons. The van der Waals surface area contributed by atoms with Crippen molar-refractivity contribution in [2.24, 2.45) is 0 Å². The van der Waals surface area contributed by atoms with Crippen LogP contribution >= 0.6 is 0 Å². The van der Waals surface area contributed by atoms with E-state index in [-0.39, 0.29) is 18.1 Å². The number of hydrogen-bond acceptors (Lipinski definition) is 4. The first-order valence-corrected chi connectivity index (χ1v) is 8.73. The van der Waals surface area contributed by atoms with Crippen molar-refractivity contribution >= 4 is 5.91 Å². The van der Waals surface area contributed by atoms with Gasteiger partial charge in [-0.15, -0.1) is 0 Å². The predicted octanol–water partition coefficient (Wildman–Crippen LogP) is 2.98. The second-order valence-electron chi connectivity index (χ2n) is 6.18. The summed E-state index contributed by atoms with van der Waals surface area (Å²) in [6.07, 6.45) is 2.33. The van der Waals surface area contributed by atoms with E-state index in [2.05, 4.69) is 17.2 Å². The molecule has 2 atom stereocenters. The Morgan fingerprint density at radius 1 is 1.27 bits per heavy atom. The van der Waals surface area contributed by atoms with Gasteiger partial charge in [-0.1, -0.05) is 43.0 Å². The lowest BCUT2D eigenvalue weighted by molar-refractivity contribution is -0.120. The van der Waals surface area contributed by atoms with Crippen molar-refractivity contribution in [3.63, 3.8) is 0 Å². The molecule has 0 aromatic heterocycles. The highest BCUT2D eigenvalue weighted by molar-refractivity contribution is 5.83. The Balaban J connectivity index is 1.70. The van der Waals surface area contributed by atoms with Crippen molar-refractivity contribution in [2.45, 2.75) is 25.1 Å². The molecule has 1 saturated heterocycles. The Morgan fingerprint density at radius 3 is 2.73 bits per heavy atom. The van der Waals surface area contributed by atoms with Gasteiger partial charge in [-0.05, 0) is 35.8 Å². The normalized spacial score (nSPS) is 17.4. The molecule has 0 radical (unpaired) electrons. The van der Waals surface area contributed by atoms with Gasteiger partial charge in [-0.2, -0.15) is 0 Å². The van der Waals surface area contributed by atoms with Gasteiger partial charge in [-0.3, -0.25) is 4.79 Å². The van der Waals surface area contributed by atoms with Crippen LogP contribution in [0.25, 0.3) is 0 Å². The number of rotatable bonds is 8. The fraction of sp³-hybridized carbons (Fsp3) is 0.286. The summed E-state index contributed by atoms with van der Waals surface area (Å²) in [4.78, 5) is 11.6. The first-order valence-electron chi connectivity index (χ1n) is 8.73. The molecule has 0 saturated carbocycles. The number of methoxy groups -OCH3 is 1. The molecule has 26 heavy (non-hydrogen) atoms. The van der Waals surface area contributed by atoms with E-state index in [9.17, 15) is 4.79 Å². The second-order valence-corrected chi connectivity index (χ2v) is 6.18. The molecule has 1 aliphatic rings. The van der Waals surface area contributed by atoms with E-state index in [1.54, 1.807) is 13.2 Å². The lowest BCUT2D eigenvalue weighted by Gasteiger charge is -2.19. The number of carbonyl (C=O) groups is 1. The van der Waals surface area contributed by atoms with Crippen LogP contribution in [0.15, 0.2) is 61.2 Å². The zero-order valence-electron chi connectivity index (χ0n) is 14.9. The summed E-state index contributed by atoms with van der Waals surface area (Å²) in [5.41, 5.74) is 2.06. The average molecular weight is 352 g/mol. The molecule has 2 unspecified atom stereocenters. The number of benzene rings is 2. The molecular formula is C21H24N2O3. The van der Waals surface area contributed by atoms with Crippen molar-refractivity contribution in [1.29, 1.82) is 0 Å². The van der Waals surface area contributed by atoms with Gasteiger partial charge >= 0.3 is 0 Å². The number of hydrogen-bond donors (Lipinski definition) is 2. The molecule has 2 aromatic rings. The van der Waals surface area contributed by atoms with E-state index < -0.39 is 0 Å². The van der Waals surface area contributed by atoms with Crippen LogP contribution in [0, 0.1) is 0 Å². The quantitative estimate of drug-likeness (QED) is 0.717. The molecule has 0 aliphatic carbocycles. The average Bonchev–Trinajstić information content (AvgIpc) is 3.10. The molecule has 0 spiro atoms. The minimum atomic E-state index is -0.253. The summed E-state index contributed by atoms with van der Waals surface area (Å²) in [7, 11) is 1.62. The van der Waals surface area contributed by atoms with E-state index in [0.717, 1.165) is 24.1 Å². The molecule has 1 heterocycles. The zero-order valence-corrected chi connectivity index (χ0v) is 14.9. The van der Waals surface area contributed by atoms with Gasteiger partial charge in [0.25, 0.3) is 0 Å². The first kappa shape index (κ1) is 18.0. The number of carbonyl (C=O) groups excluding carboxylic acids is 1. The third-order valence-corrected chi connectivity index (χ3v) is 4.43. The fourth-order valence-corrected chi connectivity index (χ4v) is 2.98. The van der Waals surface area contributed by atoms with E-state index >= 15 is 0 Å². The highest BCUT2D eigenvalue weighted by Crippen LogP contribution is 2.32. The molecule has 2 aromatic carbocycles. The van der Waals surface area contributed by atoms with Gasteiger partial charge < -0.3 is 20.1 Å². The molecule has 5 heteroatoms. The summed E-state index contributed by atoms with van der Waals surface area (Å²) < 4.78 is 11.6. The van der Waals surface area contributed by atoms with Crippen molar-refractivity contribution < 1.29 is 14.3 Å². The van der Waals surface area contributed by atoms with Gasteiger partial charge in [0.05, 0.1) is 13.2 Å². The van der Waals surface area contributed by atoms with Crippen LogP contribution in [0.5, 0.6) is 11.5 Å². The van der Waals surface area contributed by atoms with E-state index in [0.29, 0.717) is 18.0 Å². The zero-order chi connectivity index (χ0) is 18.4. The van der Waals surface area contributed by atoms with Crippen LogP contribution < -0.4 is 20.1 Å². The van der Waals surface area contributed by atoms with Gasteiger partial charge in [0.15, 0.2) is 11.5 Å². The highest BCUT2D eigenvalue weighted by atomic mass is 16.5. The standard InChI is InChI=1S/C21H24N2O3/c1-3-18(16-7-5-4-6-8-16)26-19-10-9-15(13-20(19)25-2)14-23-17-11-12-22-21(17)24/h3-10,13,17-18,23H,1,11-12,14H2,2H3,(H,22,24). The second kappa shape index (κ2) is 8.54. The van der Waals surface area contributed by atoms with Gasteiger partial charge in [0.1, 0.15) is 6.10 Å². The Bertz CT molecular complexity index is 761. The minimum Gasteiger partial charge on any atom is -0.493 e. The summed E-state index contributed by atoms with van der Waals surface area (Å²) in [6, 6.07) is 15.6. The highest BCUT2D eigenvalue weighted by Gasteiger charge is 2.23. The molecule has 3 rings (SSSR count). The number of nitrogens with one attached hydrogen (secondary N) is 2. The Kier molecular flexibility index (Phi) is 5.92. The maximum atomic E-state index is 11.6. The van der Waals surface area contributed by atoms with E-state index in [1.165, 1.54) is 0 Å². The SMILES string of the molecule is C=CC(Oc1ccc(CNC2CCNC2=O)cc1OC)c1ccccc1. The molecule has 1 aliphatic heterocycles. The van der Waals surface area contributed by atoms with Crippen molar-refractivity contribution in [3.05, 3.63) is 72.3 Å². The Morgan fingerprint density at radius 2 is 2.08 bits per heavy atom. The van der Waals surface area contributed by atoms with E-state index in [4.69, 9.17) is 9.47 Å². The summed E-state index contributed by atoms with van der Waals surface area (Å²) >= 11 is 0. The Labute approximate surface area is 154 Å². The smallest absolute Gasteiger partial charge is 0.237 e. The maximum absolute atomic E-state index is 11.6. The molecule has 1 amide bonds. The van der Waals surface area contributed by atoms with Crippen LogP contribution in [-0.4, -0.2) is 25.6 Å². The van der Waals surface area contributed by atoms with Crippen molar-refractivity contribution in [3.8, 4) is 11.5 Å². The van der Waals surface area contributed by atoms with Crippen LogP contribution in [0.2, 0.25) is 0 Å². The molecule has 5 nitrogen and oxygen atoms in total. The molecule has 1 fully saturated rings. The van der Waals surface area contributed by atoms with Crippen LogP contribution in [0.1, 0.15) is 23.7 Å². The summed E-state index contributed by atoms with van der Waals surface area (Å²) in [5, 5.41) is 6.10. The Hall–Kier alpha value is -2.79. The third kappa shape index (κ3) is 4.24. The first-order chi connectivity index (χ1) is 12.7. The van der Waals surface area contributed by atoms with Gasteiger partial charge in [0, 0.05) is 13.1 Å². The maximum Gasteiger partial charge on any atom is 0.237 e. The van der Waals surface area contributed by atoms with Gasteiger partial charge in [-0.25, -0.2) is 0 Å². The minimum absolute atomic E-state index is 0.0635. The van der Waals surface area contributed by atoms with Crippen molar-refractivity contribution in [2.75, 3.05) is 13.7 Å². The summed E-state index contributed by atoms with van der Waals surface area (Å²) in [5.74, 6) is 1.38. The van der Waals surface area contributed by atoms with Crippen LogP contribution in [-0.2, 0) is 11.3 Å². The fourth-order valence-electron chi connectivity index (χ4n) is 2.98. The lowest BCUT2D eigenvalue weighted by Crippen LogP contribution is -2.35. The predicted molar refractivity (Wildman–Crippen MR) is 101 cm³/mol. The monoisotopic (exact) mass is 352 g/mol. The topological polar surface area (TPSA) is 59.6 Å². The number of amides is 1. The third-order valence-electron chi connectivity index (χ3n) is 4.43. The molecule has 0 bridgehead atoms. The van der Waals surface area contributed by atoms with E-state index in [1.807, 2.05) is 48.5 Å². The van der Waals surface area contributed by atoms with Gasteiger partial charge in [0.2, 0.25) is 5.91 Å². The lowest BCUT2D eigenvalue weighted by atomic mass is 10.1. The molecule has 2 N–H and O–H groups in total. The van der Waals surface area contributed by atoms with Crippen LogP contribution in [0.3, 0.4) is 0 Å². The number of ether oxygens (including phenoxy) is 2. The van der Waals surface area contributed by atoms with Crippen molar-refractivity contribution in [1.82, 2.24) is 10.6 Å². The van der Waals surface area contributed by atoms with Crippen LogP contribution in [0.4, 0.5) is 0 Å². The molecular weight excluding hydrogens is 328 g/mol.